The van der Waals surface area contributed by atoms with Gasteiger partial charge in [-0.05, 0) is 31.2 Å². The van der Waals surface area contributed by atoms with Crippen LogP contribution in [-0.4, -0.2) is 22.0 Å². The van der Waals surface area contributed by atoms with E-state index in [4.69, 9.17) is 0 Å². The molecule has 26 heavy (non-hydrogen) atoms. The van der Waals surface area contributed by atoms with Crippen LogP contribution < -0.4 is 10.9 Å². The van der Waals surface area contributed by atoms with E-state index < -0.39 is 0 Å². The maximum atomic E-state index is 12.9. The van der Waals surface area contributed by atoms with Crippen molar-refractivity contribution in [3.8, 4) is 11.1 Å². The quantitative estimate of drug-likeness (QED) is 0.727. The molecule has 2 heterocycles. The number of rotatable bonds is 6. The fourth-order valence-corrected chi connectivity index (χ4v) is 3.87. The van der Waals surface area contributed by atoms with Crippen molar-refractivity contribution < 1.29 is 4.79 Å². The van der Waals surface area contributed by atoms with Crippen LogP contribution in [0.2, 0.25) is 0 Å². The zero-order valence-electron chi connectivity index (χ0n) is 14.7. The van der Waals surface area contributed by atoms with Crippen LogP contribution in [0.25, 0.3) is 21.3 Å². The highest BCUT2D eigenvalue weighted by Crippen LogP contribution is 2.30. The maximum Gasteiger partial charge on any atom is 0.262 e. The summed E-state index contributed by atoms with van der Waals surface area (Å²) in [6.07, 6.45) is 4.26. The van der Waals surface area contributed by atoms with Crippen molar-refractivity contribution in [3.05, 3.63) is 51.9 Å². The number of hydrogen-bond acceptors (Lipinski definition) is 4. The molecule has 4 rings (SSSR count). The number of nitrogens with one attached hydrogen (secondary N) is 1. The lowest BCUT2D eigenvalue weighted by molar-refractivity contribution is -0.121. The Morgan fingerprint density at radius 2 is 2.08 bits per heavy atom. The minimum atomic E-state index is -0.0817. The van der Waals surface area contributed by atoms with E-state index in [0.29, 0.717) is 24.3 Å². The van der Waals surface area contributed by atoms with Crippen LogP contribution in [-0.2, 0) is 11.3 Å². The monoisotopic (exact) mass is 367 g/mol. The standard InChI is InChI=1S/C20H21N3O2S/c1-13-2-6-15(7-3-13)16-11-26-19-18(16)20(25)23(12-22-19)9-8-17(24)21-10-14-4-5-14/h2-3,6-7,11-12,14H,4-5,8-10H2,1H3,(H,21,24). The summed E-state index contributed by atoms with van der Waals surface area (Å²) in [5.41, 5.74) is 3.03. The predicted octanol–water partition coefficient (Wildman–Crippen LogP) is 3.35. The minimum Gasteiger partial charge on any atom is -0.356 e. The van der Waals surface area contributed by atoms with Crippen molar-refractivity contribution in [2.24, 2.45) is 5.92 Å². The van der Waals surface area contributed by atoms with Gasteiger partial charge < -0.3 is 5.32 Å². The molecule has 1 aliphatic carbocycles. The van der Waals surface area contributed by atoms with E-state index in [0.717, 1.165) is 22.5 Å². The highest BCUT2D eigenvalue weighted by molar-refractivity contribution is 7.17. The fraction of sp³-hybridized carbons (Fsp3) is 0.350. The minimum absolute atomic E-state index is 0.00651. The van der Waals surface area contributed by atoms with E-state index in [9.17, 15) is 9.59 Å². The van der Waals surface area contributed by atoms with Crippen molar-refractivity contribution >= 4 is 27.5 Å². The SMILES string of the molecule is Cc1ccc(-c2csc3ncn(CCC(=O)NCC4CC4)c(=O)c23)cc1. The average Bonchev–Trinajstić information content (AvgIpc) is 3.37. The van der Waals surface area contributed by atoms with Crippen LogP contribution in [0.5, 0.6) is 0 Å². The summed E-state index contributed by atoms with van der Waals surface area (Å²) in [5, 5.41) is 5.56. The lowest BCUT2D eigenvalue weighted by Crippen LogP contribution is -2.28. The second kappa shape index (κ2) is 7.03. The molecule has 6 heteroatoms. The first-order chi connectivity index (χ1) is 12.6. The van der Waals surface area contributed by atoms with Gasteiger partial charge in [0.2, 0.25) is 5.91 Å². The first-order valence-electron chi connectivity index (χ1n) is 8.92. The molecule has 0 radical (unpaired) electrons. The van der Waals surface area contributed by atoms with Gasteiger partial charge in [-0.2, -0.15) is 0 Å². The van der Waals surface area contributed by atoms with Gasteiger partial charge in [0.1, 0.15) is 4.83 Å². The van der Waals surface area contributed by atoms with Gasteiger partial charge in [-0.3, -0.25) is 14.2 Å². The van der Waals surface area contributed by atoms with Gasteiger partial charge in [0.05, 0.1) is 11.7 Å². The molecule has 0 spiro atoms. The number of aromatic nitrogens is 2. The Bertz CT molecular complexity index is 1000. The molecule has 134 valence electrons. The number of hydrogen-bond donors (Lipinski definition) is 1. The van der Waals surface area contributed by atoms with Crippen molar-refractivity contribution in [1.29, 1.82) is 0 Å². The molecule has 5 nitrogen and oxygen atoms in total. The number of fused-ring (bicyclic) bond motifs is 1. The number of carbonyl (C=O) groups is 1. The Hall–Kier alpha value is -2.47. The first kappa shape index (κ1) is 17.0. The zero-order valence-corrected chi connectivity index (χ0v) is 15.5. The third-order valence-electron chi connectivity index (χ3n) is 4.79. The Labute approximate surface area is 155 Å². The largest absolute Gasteiger partial charge is 0.356 e. The molecule has 0 unspecified atom stereocenters. The van der Waals surface area contributed by atoms with Crippen molar-refractivity contribution in [2.45, 2.75) is 32.7 Å². The number of nitrogens with zero attached hydrogens (tertiary/aromatic N) is 2. The molecular weight excluding hydrogens is 346 g/mol. The van der Waals surface area contributed by atoms with Crippen molar-refractivity contribution in [3.63, 3.8) is 0 Å². The third-order valence-corrected chi connectivity index (χ3v) is 5.67. The summed E-state index contributed by atoms with van der Waals surface area (Å²) in [7, 11) is 0. The normalized spacial score (nSPS) is 13.9. The fourth-order valence-electron chi connectivity index (χ4n) is 2.96. The van der Waals surface area contributed by atoms with Crippen LogP contribution in [0.1, 0.15) is 24.8 Å². The topological polar surface area (TPSA) is 64.0 Å². The summed E-state index contributed by atoms with van der Waals surface area (Å²) >= 11 is 1.47. The van der Waals surface area contributed by atoms with Gasteiger partial charge in [-0.25, -0.2) is 4.98 Å². The highest BCUT2D eigenvalue weighted by Gasteiger charge is 2.21. The van der Waals surface area contributed by atoms with E-state index in [2.05, 4.69) is 10.3 Å². The smallest absolute Gasteiger partial charge is 0.262 e. The molecule has 0 atom stereocenters. The molecule has 1 N–H and O–H groups in total. The predicted molar refractivity (Wildman–Crippen MR) is 104 cm³/mol. The van der Waals surface area contributed by atoms with Crippen molar-refractivity contribution in [2.75, 3.05) is 6.54 Å². The summed E-state index contributed by atoms with van der Waals surface area (Å²) in [4.78, 5) is 30.0. The van der Waals surface area contributed by atoms with E-state index in [1.165, 1.54) is 29.7 Å². The Balaban J connectivity index is 1.57. The molecule has 1 saturated carbocycles. The molecule has 0 saturated heterocycles. The van der Waals surface area contributed by atoms with E-state index >= 15 is 0 Å². The third kappa shape index (κ3) is 3.55. The van der Waals surface area contributed by atoms with Gasteiger partial charge in [-0.1, -0.05) is 29.8 Å². The zero-order chi connectivity index (χ0) is 18.1. The van der Waals surface area contributed by atoms with Gasteiger partial charge >= 0.3 is 0 Å². The molecule has 1 fully saturated rings. The number of carbonyl (C=O) groups excluding carboxylic acids is 1. The number of thiophene rings is 1. The van der Waals surface area contributed by atoms with Gasteiger partial charge in [-0.15, -0.1) is 11.3 Å². The van der Waals surface area contributed by atoms with E-state index in [-0.39, 0.29) is 11.5 Å². The maximum absolute atomic E-state index is 12.9. The molecule has 0 bridgehead atoms. The molecule has 3 aromatic rings. The van der Waals surface area contributed by atoms with E-state index in [1.54, 1.807) is 10.9 Å². The summed E-state index contributed by atoms with van der Waals surface area (Å²) in [5.74, 6) is 0.649. The number of aryl methyl sites for hydroxylation is 2. The van der Waals surface area contributed by atoms with Crippen molar-refractivity contribution in [1.82, 2.24) is 14.9 Å². The first-order valence-corrected chi connectivity index (χ1v) is 9.80. The highest BCUT2D eigenvalue weighted by atomic mass is 32.1. The summed E-state index contributed by atoms with van der Waals surface area (Å²) < 4.78 is 1.55. The van der Waals surface area contributed by atoms with Gasteiger partial charge in [0.15, 0.2) is 0 Å². The van der Waals surface area contributed by atoms with E-state index in [1.807, 2.05) is 36.6 Å². The Kier molecular flexibility index (Phi) is 4.59. The molecule has 2 aromatic heterocycles. The molecule has 1 aromatic carbocycles. The van der Waals surface area contributed by atoms with Crippen LogP contribution in [0.4, 0.5) is 0 Å². The number of amides is 1. The lowest BCUT2D eigenvalue weighted by Gasteiger charge is -2.07. The van der Waals surface area contributed by atoms with Crippen LogP contribution in [0.15, 0.2) is 40.8 Å². The Morgan fingerprint density at radius 3 is 2.81 bits per heavy atom. The second-order valence-electron chi connectivity index (χ2n) is 6.94. The molecule has 0 aliphatic heterocycles. The summed E-state index contributed by atoms with van der Waals surface area (Å²) in [6, 6.07) is 8.13. The molecule has 1 amide bonds. The van der Waals surface area contributed by atoms with Crippen LogP contribution in [0.3, 0.4) is 0 Å². The molecular formula is C20H21N3O2S. The van der Waals surface area contributed by atoms with Gasteiger partial charge in [0, 0.05) is 30.5 Å². The van der Waals surface area contributed by atoms with Gasteiger partial charge in [0.25, 0.3) is 5.56 Å². The van der Waals surface area contributed by atoms with Crippen LogP contribution in [0, 0.1) is 12.8 Å². The lowest BCUT2D eigenvalue weighted by atomic mass is 10.1. The second-order valence-corrected chi connectivity index (χ2v) is 7.79. The average molecular weight is 367 g/mol. The Morgan fingerprint density at radius 1 is 1.31 bits per heavy atom. The number of benzene rings is 1. The molecule has 1 aliphatic rings. The summed E-state index contributed by atoms with van der Waals surface area (Å²) in [6.45, 7) is 3.15. The van der Waals surface area contributed by atoms with Crippen LogP contribution >= 0.6 is 11.3 Å².